The Bertz CT molecular complexity index is 816. The monoisotopic (exact) mass is 481 g/mol. The number of hydrogen-bond acceptors (Lipinski definition) is 7. The van der Waals surface area contributed by atoms with Crippen molar-refractivity contribution in [2.75, 3.05) is 27.2 Å². The lowest BCUT2D eigenvalue weighted by Gasteiger charge is -2.35. The Hall–Kier alpha value is -2.69. The number of nitrogens with one attached hydrogen (secondary N) is 1. The van der Waals surface area contributed by atoms with Crippen molar-refractivity contribution in [3.63, 3.8) is 0 Å². The van der Waals surface area contributed by atoms with Crippen molar-refractivity contribution in [1.82, 2.24) is 20.0 Å². The molecule has 4 amide bonds. The second kappa shape index (κ2) is 11.2. The highest BCUT2D eigenvalue weighted by atomic mass is 16.5. The van der Waals surface area contributed by atoms with Crippen LogP contribution in [0.3, 0.4) is 0 Å². The topological polar surface area (TPSA) is 142 Å². The number of nitrogens with two attached hydrogens (primary N) is 1. The van der Waals surface area contributed by atoms with Gasteiger partial charge in [-0.05, 0) is 31.6 Å². The predicted octanol–water partition coefficient (Wildman–Crippen LogP) is -0.668. The Kier molecular flexibility index (Phi) is 9.04. The Morgan fingerprint density at radius 1 is 1.00 bits per heavy atom. The van der Waals surface area contributed by atoms with Gasteiger partial charge in [-0.1, -0.05) is 27.7 Å². The van der Waals surface area contributed by atoms with Crippen molar-refractivity contribution < 1.29 is 28.7 Å². The quantitative estimate of drug-likeness (QED) is 0.498. The van der Waals surface area contributed by atoms with Crippen LogP contribution in [0.4, 0.5) is 0 Å². The summed E-state index contributed by atoms with van der Waals surface area (Å²) >= 11 is 0. The first-order valence-corrected chi connectivity index (χ1v) is 11.8. The smallest absolute Gasteiger partial charge is 0.329 e. The maximum atomic E-state index is 13.4. The minimum Gasteiger partial charge on any atom is -0.459 e. The molecule has 0 aromatic heterocycles. The first-order valence-electron chi connectivity index (χ1n) is 11.8. The van der Waals surface area contributed by atoms with E-state index < -0.39 is 48.1 Å². The van der Waals surface area contributed by atoms with Crippen molar-refractivity contribution >= 4 is 29.6 Å². The molecule has 2 rings (SSSR count). The molecule has 0 aliphatic carbocycles. The van der Waals surface area contributed by atoms with Crippen LogP contribution in [0, 0.1) is 11.8 Å². The maximum Gasteiger partial charge on any atom is 0.329 e. The third kappa shape index (κ3) is 5.86. The first kappa shape index (κ1) is 27.6. The molecule has 0 aromatic carbocycles. The van der Waals surface area contributed by atoms with E-state index in [2.05, 4.69) is 5.32 Å². The zero-order valence-corrected chi connectivity index (χ0v) is 21.2. The van der Waals surface area contributed by atoms with Crippen molar-refractivity contribution in [1.29, 1.82) is 0 Å². The summed E-state index contributed by atoms with van der Waals surface area (Å²) in [4.78, 5) is 69.4. The number of carbonyl (C=O) groups excluding carboxylic acids is 5. The van der Waals surface area contributed by atoms with Gasteiger partial charge in [0.15, 0.2) is 0 Å². The summed E-state index contributed by atoms with van der Waals surface area (Å²) in [5.74, 6) is -3.06. The van der Waals surface area contributed by atoms with Gasteiger partial charge in [0.25, 0.3) is 0 Å². The average Bonchev–Trinajstić information content (AvgIpc) is 3.24. The standard InChI is InChI=1S/C23H39N5O6/c1-12(2)18-22(32)28-10-8-9-15(28)21(31)26(6)11-16(29)27(7)19(13(3)4)23(33)34-14(5)17(24)20(30)25-18/h12-15,17-19H,8-11,24H2,1-7H3,(H,25,30)/t14-,15+,17+,18-,19+/m1/s1. The highest BCUT2D eigenvalue weighted by Crippen LogP contribution is 2.22. The van der Waals surface area contributed by atoms with Gasteiger partial charge in [-0.3, -0.25) is 19.2 Å². The average molecular weight is 482 g/mol. The number of hydrogen-bond donors (Lipinski definition) is 2. The van der Waals surface area contributed by atoms with Gasteiger partial charge < -0.3 is 30.5 Å². The molecule has 2 aliphatic heterocycles. The minimum atomic E-state index is -1.22. The molecule has 2 saturated heterocycles. The van der Waals surface area contributed by atoms with Crippen LogP contribution in [-0.4, -0.2) is 102 Å². The number of cyclic esters (lactones) is 1. The number of esters is 1. The van der Waals surface area contributed by atoms with Gasteiger partial charge in [0, 0.05) is 20.6 Å². The zero-order chi connectivity index (χ0) is 25.9. The number of fused-ring (bicyclic) bond motifs is 1. The Morgan fingerprint density at radius 2 is 1.62 bits per heavy atom. The molecule has 2 fully saturated rings. The molecule has 0 bridgehead atoms. The molecule has 11 nitrogen and oxygen atoms in total. The van der Waals surface area contributed by atoms with E-state index in [1.54, 1.807) is 27.7 Å². The third-order valence-electron chi connectivity index (χ3n) is 6.59. The number of ether oxygens (including phenoxy) is 1. The van der Waals surface area contributed by atoms with Gasteiger partial charge in [0.1, 0.15) is 30.3 Å². The molecule has 11 heteroatoms. The van der Waals surface area contributed by atoms with E-state index in [9.17, 15) is 24.0 Å². The third-order valence-corrected chi connectivity index (χ3v) is 6.59. The number of amides is 4. The van der Waals surface area contributed by atoms with Gasteiger partial charge in [-0.2, -0.15) is 0 Å². The second-order valence-electron chi connectivity index (χ2n) is 9.98. The van der Waals surface area contributed by atoms with Crippen LogP contribution >= 0.6 is 0 Å². The largest absolute Gasteiger partial charge is 0.459 e. The van der Waals surface area contributed by atoms with E-state index in [1.165, 1.54) is 35.7 Å². The van der Waals surface area contributed by atoms with Crippen molar-refractivity contribution in [3.05, 3.63) is 0 Å². The normalized spacial score (nSPS) is 30.7. The van der Waals surface area contributed by atoms with E-state index >= 15 is 0 Å². The van der Waals surface area contributed by atoms with Crippen LogP contribution in [0.1, 0.15) is 47.5 Å². The molecular formula is C23H39N5O6. The number of rotatable bonds is 2. The molecule has 2 aliphatic rings. The van der Waals surface area contributed by atoms with Crippen molar-refractivity contribution in [3.8, 4) is 0 Å². The van der Waals surface area contributed by atoms with Crippen molar-refractivity contribution in [2.24, 2.45) is 17.6 Å². The molecule has 2 heterocycles. The minimum absolute atomic E-state index is 0.246. The molecule has 0 saturated carbocycles. The Balaban J connectivity index is 2.46. The molecule has 0 unspecified atom stereocenters. The summed E-state index contributed by atoms with van der Waals surface area (Å²) in [6.45, 7) is 8.76. The van der Waals surface area contributed by atoms with Crippen LogP contribution in [0.5, 0.6) is 0 Å². The van der Waals surface area contributed by atoms with E-state index in [0.29, 0.717) is 19.4 Å². The van der Waals surface area contributed by atoms with Crippen LogP contribution in [-0.2, 0) is 28.7 Å². The molecule has 3 N–H and O–H groups in total. The summed E-state index contributed by atoms with van der Waals surface area (Å²) in [5, 5.41) is 2.70. The molecule has 192 valence electrons. The molecule has 0 radical (unpaired) electrons. The van der Waals surface area contributed by atoms with Gasteiger partial charge in [0.2, 0.25) is 23.6 Å². The van der Waals surface area contributed by atoms with E-state index in [0.717, 1.165) is 0 Å². The van der Waals surface area contributed by atoms with Gasteiger partial charge in [-0.15, -0.1) is 0 Å². The van der Waals surface area contributed by atoms with Gasteiger partial charge in [0.05, 0.1) is 6.54 Å². The predicted molar refractivity (Wildman–Crippen MR) is 124 cm³/mol. The molecule has 0 spiro atoms. The summed E-state index contributed by atoms with van der Waals surface area (Å²) in [6.07, 6.45) is 0.114. The highest BCUT2D eigenvalue weighted by Gasteiger charge is 2.42. The first-order chi connectivity index (χ1) is 15.8. The van der Waals surface area contributed by atoms with Gasteiger partial charge in [-0.25, -0.2) is 4.79 Å². The summed E-state index contributed by atoms with van der Waals surface area (Å²) in [7, 11) is 2.98. The number of nitrogens with zero attached hydrogens (tertiary/aromatic N) is 3. The lowest BCUT2D eigenvalue weighted by Crippen LogP contribution is -2.60. The van der Waals surface area contributed by atoms with Crippen LogP contribution in [0.15, 0.2) is 0 Å². The van der Waals surface area contributed by atoms with Crippen LogP contribution < -0.4 is 11.1 Å². The summed E-state index contributed by atoms with van der Waals surface area (Å²) in [5.41, 5.74) is 6.07. The number of carbonyl (C=O) groups is 5. The van der Waals surface area contributed by atoms with Gasteiger partial charge >= 0.3 is 5.97 Å². The molecule has 5 atom stereocenters. The SMILES string of the molecule is CC(C)[C@H]1C(=O)O[C@H](C)[C@H](N)C(=O)N[C@H](C(C)C)C(=O)N2CCC[C@H]2C(=O)N(C)CC(=O)N1C. The van der Waals surface area contributed by atoms with E-state index in [-0.39, 0.29) is 30.2 Å². The van der Waals surface area contributed by atoms with Crippen LogP contribution in [0.25, 0.3) is 0 Å². The zero-order valence-electron chi connectivity index (χ0n) is 21.2. The molecular weight excluding hydrogens is 442 g/mol. The van der Waals surface area contributed by atoms with Crippen LogP contribution in [0.2, 0.25) is 0 Å². The summed E-state index contributed by atoms with van der Waals surface area (Å²) in [6, 6.07) is -3.76. The Labute approximate surface area is 201 Å². The maximum absolute atomic E-state index is 13.4. The fourth-order valence-electron chi connectivity index (χ4n) is 4.45. The highest BCUT2D eigenvalue weighted by molar-refractivity contribution is 5.95. The fraction of sp³-hybridized carbons (Fsp3) is 0.783. The lowest BCUT2D eigenvalue weighted by atomic mass is 10.0. The molecule has 0 aromatic rings. The summed E-state index contributed by atoms with van der Waals surface area (Å²) < 4.78 is 5.47. The van der Waals surface area contributed by atoms with E-state index in [4.69, 9.17) is 10.5 Å². The van der Waals surface area contributed by atoms with Crippen molar-refractivity contribution in [2.45, 2.75) is 77.7 Å². The fourth-order valence-corrected chi connectivity index (χ4v) is 4.45. The molecule has 34 heavy (non-hydrogen) atoms. The van der Waals surface area contributed by atoms with E-state index in [1.807, 2.05) is 0 Å². The Morgan fingerprint density at radius 3 is 2.18 bits per heavy atom. The number of likely N-dealkylation sites (N-methyl/N-ethyl adjacent to an activating group) is 2. The second-order valence-corrected chi connectivity index (χ2v) is 9.98. The lowest BCUT2D eigenvalue weighted by molar-refractivity contribution is -0.162.